The Kier molecular flexibility index (Phi) is 4.66. The van der Waals surface area contributed by atoms with E-state index >= 15 is 0 Å². The number of carbonyl (C=O) groups is 1. The number of para-hydroxylation sites is 2. The molecule has 0 saturated carbocycles. The molecule has 0 N–H and O–H groups in total. The number of rotatable bonds is 5. The van der Waals surface area contributed by atoms with E-state index in [9.17, 15) is 4.79 Å². The maximum absolute atomic E-state index is 12.3. The van der Waals surface area contributed by atoms with Crippen LogP contribution in [0.1, 0.15) is 10.4 Å². The van der Waals surface area contributed by atoms with E-state index in [0.29, 0.717) is 22.8 Å². The van der Waals surface area contributed by atoms with Gasteiger partial charge in [0.15, 0.2) is 11.5 Å². The van der Waals surface area contributed by atoms with Crippen LogP contribution >= 0.6 is 0 Å². The first-order chi connectivity index (χ1) is 10.2. The van der Waals surface area contributed by atoms with Crippen LogP contribution in [0.15, 0.2) is 42.5 Å². The molecule has 0 aliphatic heterocycles. The zero-order valence-corrected chi connectivity index (χ0v) is 12.1. The molecule has 2 aromatic carbocycles. The average Bonchev–Trinajstić information content (AvgIpc) is 2.54. The van der Waals surface area contributed by atoms with Crippen molar-refractivity contribution < 1.29 is 23.7 Å². The van der Waals surface area contributed by atoms with Gasteiger partial charge in [-0.3, -0.25) is 0 Å². The molecule has 2 aromatic rings. The summed E-state index contributed by atoms with van der Waals surface area (Å²) in [5, 5.41) is 0. The molecule has 0 aliphatic rings. The van der Waals surface area contributed by atoms with Crippen molar-refractivity contribution in [1.82, 2.24) is 0 Å². The van der Waals surface area contributed by atoms with Gasteiger partial charge in [-0.05, 0) is 24.3 Å². The Balaban J connectivity index is 2.36. The highest BCUT2D eigenvalue weighted by molar-refractivity contribution is 5.94. The summed E-state index contributed by atoms with van der Waals surface area (Å²) >= 11 is 0. The summed E-state index contributed by atoms with van der Waals surface area (Å²) in [6, 6.07) is 12.0. The second kappa shape index (κ2) is 6.65. The van der Waals surface area contributed by atoms with Crippen LogP contribution in [0.25, 0.3) is 0 Å². The Labute approximate surface area is 123 Å². The summed E-state index contributed by atoms with van der Waals surface area (Å²) in [6.45, 7) is 0. The normalized spacial score (nSPS) is 9.86. The Hall–Kier alpha value is -2.69. The van der Waals surface area contributed by atoms with Crippen molar-refractivity contribution in [2.45, 2.75) is 0 Å². The molecule has 5 heteroatoms. The Morgan fingerprint density at radius 2 is 1.29 bits per heavy atom. The van der Waals surface area contributed by atoms with Crippen molar-refractivity contribution in [3.63, 3.8) is 0 Å². The maximum atomic E-state index is 12.3. The predicted molar refractivity (Wildman–Crippen MR) is 77.5 cm³/mol. The number of hydrogen-bond acceptors (Lipinski definition) is 5. The summed E-state index contributed by atoms with van der Waals surface area (Å²) in [5.74, 6) is 0.959. The smallest absolute Gasteiger partial charge is 0.347 e. The molecule has 0 heterocycles. The van der Waals surface area contributed by atoms with E-state index in [1.54, 1.807) is 42.5 Å². The van der Waals surface area contributed by atoms with Gasteiger partial charge >= 0.3 is 5.97 Å². The molecule has 0 bridgehead atoms. The number of carbonyl (C=O) groups excluding carboxylic acids is 1. The molecule has 0 spiro atoms. The molecule has 110 valence electrons. The first kappa shape index (κ1) is 14.7. The minimum atomic E-state index is -0.546. The van der Waals surface area contributed by atoms with Crippen molar-refractivity contribution in [3.8, 4) is 23.0 Å². The highest BCUT2D eigenvalue weighted by atomic mass is 16.6. The standard InChI is InChI=1S/C16H16O5/c1-18-12-8-5-4-7-11(12)16(17)21-15-13(19-2)9-6-10-14(15)20-3/h4-10H,1-3H3. The van der Waals surface area contributed by atoms with Gasteiger partial charge in [0.1, 0.15) is 11.3 Å². The van der Waals surface area contributed by atoms with Crippen LogP contribution in [0.5, 0.6) is 23.0 Å². The van der Waals surface area contributed by atoms with Gasteiger partial charge in [-0.2, -0.15) is 0 Å². The van der Waals surface area contributed by atoms with E-state index in [1.807, 2.05) is 0 Å². The number of methoxy groups -OCH3 is 3. The number of benzene rings is 2. The third-order valence-electron chi connectivity index (χ3n) is 2.90. The molecule has 5 nitrogen and oxygen atoms in total. The lowest BCUT2D eigenvalue weighted by molar-refractivity contribution is 0.0721. The Morgan fingerprint density at radius 3 is 1.86 bits per heavy atom. The highest BCUT2D eigenvalue weighted by Gasteiger charge is 2.19. The number of hydrogen-bond donors (Lipinski definition) is 0. The predicted octanol–water partition coefficient (Wildman–Crippen LogP) is 2.93. The molecule has 0 radical (unpaired) electrons. The molecule has 2 rings (SSSR count). The zero-order chi connectivity index (χ0) is 15.2. The van der Waals surface area contributed by atoms with Gasteiger partial charge in [-0.25, -0.2) is 4.79 Å². The minimum Gasteiger partial charge on any atom is -0.496 e. The van der Waals surface area contributed by atoms with Crippen LogP contribution in [0.3, 0.4) is 0 Å². The zero-order valence-electron chi connectivity index (χ0n) is 12.1. The average molecular weight is 288 g/mol. The minimum absolute atomic E-state index is 0.235. The first-order valence-corrected chi connectivity index (χ1v) is 6.27. The van der Waals surface area contributed by atoms with E-state index in [-0.39, 0.29) is 5.75 Å². The fourth-order valence-corrected chi connectivity index (χ4v) is 1.88. The van der Waals surface area contributed by atoms with Crippen molar-refractivity contribution in [3.05, 3.63) is 48.0 Å². The van der Waals surface area contributed by atoms with Crippen molar-refractivity contribution in [2.75, 3.05) is 21.3 Å². The van der Waals surface area contributed by atoms with Gasteiger partial charge in [-0.15, -0.1) is 0 Å². The fourth-order valence-electron chi connectivity index (χ4n) is 1.88. The van der Waals surface area contributed by atoms with Gasteiger partial charge in [-0.1, -0.05) is 18.2 Å². The van der Waals surface area contributed by atoms with Gasteiger partial charge < -0.3 is 18.9 Å². The number of ether oxygens (including phenoxy) is 4. The van der Waals surface area contributed by atoms with Gasteiger partial charge in [0, 0.05) is 0 Å². The van der Waals surface area contributed by atoms with Gasteiger partial charge in [0.05, 0.1) is 21.3 Å². The lowest BCUT2D eigenvalue weighted by Gasteiger charge is -2.13. The molecular formula is C16H16O5. The van der Waals surface area contributed by atoms with Crippen LogP contribution in [-0.2, 0) is 0 Å². The monoisotopic (exact) mass is 288 g/mol. The largest absolute Gasteiger partial charge is 0.496 e. The van der Waals surface area contributed by atoms with Crippen LogP contribution < -0.4 is 18.9 Å². The second-order valence-corrected chi connectivity index (χ2v) is 4.08. The van der Waals surface area contributed by atoms with Crippen LogP contribution in [0, 0.1) is 0 Å². The lowest BCUT2D eigenvalue weighted by atomic mass is 10.2. The molecule has 0 aromatic heterocycles. The summed E-state index contributed by atoms with van der Waals surface area (Å²) in [4.78, 5) is 12.3. The molecule has 0 saturated heterocycles. The molecular weight excluding hydrogens is 272 g/mol. The summed E-state index contributed by atoms with van der Waals surface area (Å²) in [7, 11) is 4.49. The molecule has 0 unspecified atom stereocenters. The van der Waals surface area contributed by atoms with Crippen molar-refractivity contribution >= 4 is 5.97 Å². The molecule has 0 amide bonds. The molecule has 0 fully saturated rings. The van der Waals surface area contributed by atoms with Crippen LogP contribution in [0.2, 0.25) is 0 Å². The van der Waals surface area contributed by atoms with E-state index < -0.39 is 5.97 Å². The molecule has 21 heavy (non-hydrogen) atoms. The van der Waals surface area contributed by atoms with E-state index in [1.165, 1.54) is 21.3 Å². The fraction of sp³-hybridized carbons (Fsp3) is 0.188. The van der Waals surface area contributed by atoms with Gasteiger partial charge in [0.25, 0.3) is 0 Å². The Morgan fingerprint density at radius 1 is 0.762 bits per heavy atom. The highest BCUT2D eigenvalue weighted by Crippen LogP contribution is 2.37. The lowest BCUT2D eigenvalue weighted by Crippen LogP contribution is -2.11. The summed E-state index contributed by atoms with van der Waals surface area (Å²) in [6.07, 6.45) is 0. The third-order valence-corrected chi connectivity index (χ3v) is 2.90. The van der Waals surface area contributed by atoms with Crippen molar-refractivity contribution in [2.24, 2.45) is 0 Å². The summed E-state index contributed by atoms with van der Waals surface area (Å²) in [5.41, 5.74) is 0.327. The maximum Gasteiger partial charge on any atom is 0.347 e. The third kappa shape index (κ3) is 3.08. The van der Waals surface area contributed by atoms with E-state index in [0.717, 1.165) is 0 Å². The van der Waals surface area contributed by atoms with E-state index in [4.69, 9.17) is 18.9 Å². The molecule has 0 atom stereocenters. The first-order valence-electron chi connectivity index (χ1n) is 6.27. The quantitative estimate of drug-likeness (QED) is 0.625. The van der Waals surface area contributed by atoms with E-state index in [2.05, 4.69) is 0 Å². The molecule has 0 aliphatic carbocycles. The van der Waals surface area contributed by atoms with Crippen molar-refractivity contribution in [1.29, 1.82) is 0 Å². The SMILES string of the molecule is COc1ccccc1C(=O)Oc1c(OC)cccc1OC. The second-order valence-electron chi connectivity index (χ2n) is 4.08. The van der Waals surface area contributed by atoms with Crippen LogP contribution in [0.4, 0.5) is 0 Å². The summed E-state index contributed by atoms with van der Waals surface area (Å²) < 4.78 is 21.0. The Bertz CT molecular complexity index is 614. The van der Waals surface area contributed by atoms with Gasteiger partial charge in [0.2, 0.25) is 5.75 Å². The topological polar surface area (TPSA) is 54.0 Å². The number of esters is 1. The van der Waals surface area contributed by atoms with Crippen LogP contribution in [-0.4, -0.2) is 27.3 Å².